The Hall–Kier alpha value is -0.850. The van der Waals surface area contributed by atoms with Crippen LogP contribution in [-0.2, 0) is 23.6 Å². The van der Waals surface area contributed by atoms with E-state index in [2.05, 4.69) is 30.8 Å². The number of unbranched alkanes of at least 4 members (excludes halogenated alkanes) is 2. The zero-order valence-corrected chi connectivity index (χ0v) is 13.8. The highest BCUT2D eigenvalue weighted by Gasteiger charge is 2.16. The van der Waals surface area contributed by atoms with Gasteiger partial charge in [-0.3, -0.25) is 0 Å². The molecule has 6 heteroatoms. The summed E-state index contributed by atoms with van der Waals surface area (Å²) in [5.41, 5.74) is 0.965. The summed E-state index contributed by atoms with van der Waals surface area (Å²) in [5, 5.41) is 3.29. The van der Waals surface area contributed by atoms with Gasteiger partial charge in [-0.2, -0.15) is 0 Å². The molecule has 0 aliphatic rings. The minimum absolute atomic E-state index is 0.344. The summed E-state index contributed by atoms with van der Waals surface area (Å²) in [6.45, 7) is 7.40. The van der Waals surface area contributed by atoms with Gasteiger partial charge in [0.2, 0.25) is 10.0 Å². The van der Waals surface area contributed by atoms with Crippen LogP contribution in [0.3, 0.4) is 0 Å². The van der Waals surface area contributed by atoms with E-state index >= 15 is 0 Å². The molecule has 1 heterocycles. The van der Waals surface area contributed by atoms with E-state index in [4.69, 9.17) is 0 Å². The van der Waals surface area contributed by atoms with Crippen molar-refractivity contribution < 1.29 is 8.42 Å². The van der Waals surface area contributed by atoms with E-state index in [1.807, 2.05) is 11.6 Å². The summed E-state index contributed by atoms with van der Waals surface area (Å²) in [6, 6.07) is 2.11. The van der Waals surface area contributed by atoms with Gasteiger partial charge < -0.3 is 9.88 Å². The van der Waals surface area contributed by atoms with Crippen molar-refractivity contribution in [2.75, 3.05) is 6.54 Å². The summed E-state index contributed by atoms with van der Waals surface area (Å²) in [4.78, 5) is 0.344. The molecule has 0 saturated heterocycles. The summed E-state index contributed by atoms with van der Waals surface area (Å²) in [6.07, 6.45) is 4.67. The fourth-order valence-corrected chi connectivity index (χ4v) is 3.04. The minimum atomic E-state index is -3.38. The molecule has 0 bridgehead atoms. The Balaban J connectivity index is 2.68. The summed E-state index contributed by atoms with van der Waals surface area (Å²) in [7, 11) is -1.51. The molecule has 0 aliphatic heterocycles. The van der Waals surface area contributed by atoms with Crippen LogP contribution in [0.1, 0.15) is 45.7 Å². The van der Waals surface area contributed by atoms with Gasteiger partial charge in [-0.1, -0.05) is 33.6 Å². The molecule has 0 amide bonds. The Labute approximate surface area is 122 Å². The monoisotopic (exact) mass is 301 g/mol. The Kier molecular flexibility index (Phi) is 6.71. The van der Waals surface area contributed by atoms with Gasteiger partial charge in [-0.15, -0.1) is 0 Å². The predicted octanol–water partition coefficient (Wildman–Crippen LogP) is 1.99. The number of rotatable bonds is 9. The lowest BCUT2D eigenvalue weighted by molar-refractivity contribution is 0.571. The summed E-state index contributed by atoms with van der Waals surface area (Å²) >= 11 is 0. The molecule has 1 aromatic heterocycles. The van der Waals surface area contributed by atoms with Gasteiger partial charge in [0.1, 0.15) is 0 Å². The molecular formula is C14H27N3O2S. The van der Waals surface area contributed by atoms with Crippen molar-refractivity contribution in [3.63, 3.8) is 0 Å². The standard InChI is InChI=1S/C14H27N3O2S/c1-5-6-7-8-16-20(18,19)14-9-13(17(4)11-14)10-15-12(2)3/h9,11-12,15-16H,5-8,10H2,1-4H3. The second-order valence-corrected chi connectivity index (χ2v) is 7.19. The van der Waals surface area contributed by atoms with Crippen LogP contribution in [0.15, 0.2) is 17.2 Å². The Morgan fingerprint density at radius 2 is 2.00 bits per heavy atom. The lowest BCUT2D eigenvalue weighted by atomic mass is 10.3. The van der Waals surface area contributed by atoms with Crippen LogP contribution in [0.5, 0.6) is 0 Å². The van der Waals surface area contributed by atoms with E-state index in [9.17, 15) is 8.42 Å². The highest BCUT2D eigenvalue weighted by Crippen LogP contribution is 2.13. The fourth-order valence-electron chi connectivity index (χ4n) is 1.87. The number of sulfonamides is 1. The number of aryl methyl sites for hydroxylation is 1. The number of hydrogen-bond acceptors (Lipinski definition) is 3. The van der Waals surface area contributed by atoms with E-state index in [0.717, 1.165) is 25.0 Å². The molecule has 0 atom stereocenters. The maximum absolute atomic E-state index is 12.2. The van der Waals surface area contributed by atoms with Gasteiger partial charge in [0.05, 0.1) is 4.90 Å². The van der Waals surface area contributed by atoms with Crippen molar-refractivity contribution in [2.24, 2.45) is 7.05 Å². The Bertz CT molecular complexity index is 506. The normalized spacial score (nSPS) is 12.2. The highest BCUT2D eigenvalue weighted by atomic mass is 32.2. The zero-order valence-electron chi connectivity index (χ0n) is 12.9. The van der Waals surface area contributed by atoms with Crippen LogP contribution in [0.2, 0.25) is 0 Å². The first-order valence-corrected chi connectivity index (χ1v) is 8.73. The average Bonchev–Trinajstić information content (AvgIpc) is 2.74. The van der Waals surface area contributed by atoms with Crippen LogP contribution in [-0.4, -0.2) is 25.6 Å². The molecule has 5 nitrogen and oxygen atoms in total. The topological polar surface area (TPSA) is 63.1 Å². The maximum Gasteiger partial charge on any atom is 0.242 e. The second-order valence-electron chi connectivity index (χ2n) is 5.42. The van der Waals surface area contributed by atoms with Crippen LogP contribution < -0.4 is 10.0 Å². The van der Waals surface area contributed by atoms with E-state index in [1.165, 1.54) is 0 Å². The molecule has 20 heavy (non-hydrogen) atoms. The molecule has 0 aliphatic carbocycles. The zero-order chi connectivity index (χ0) is 15.2. The van der Waals surface area contributed by atoms with Gasteiger partial charge in [-0.05, 0) is 12.5 Å². The predicted molar refractivity (Wildman–Crippen MR) is 82.1 cm³/mol. The van der Waals surface area contributed by atoms with Crippen molar-refractivity contribution in [2.45, 2.75) is 57.5 Å². The van der Waals surface area contributed by atoms with E-state index < -0.39 is 10.0 Å². The van der Waals surface area contributed by atoms with E-state index in [1.54, 1.807) is 12.3 Å². The molecule has 0 radical (unpaired) electrons. The first kappa shape index (κ1) is 17.2. The number of hydrogen-bond donors (Lipinski definition) is 2. The largest absolute Gasteiger partial charge is 0.352 e. The summed E-state index contributed by atoms with van der Waals surface area (Å²) in [5.74, 6) is 0. The van der Waals surface area contributed by atoms with Crippen molar-refractivity contribution in [1.82, 2.24) is 14.6 Å². The van der Waals surface area contributed by atoms with Gasteiger partial charge in [-0.25, -0.2) is 13.1 Å². The molecular weight excluding hydrogens is 274 g/mol. The third kappa shape index (κ3) is 5.26. The minimum Gasteiger partial charge on any atom is -0.352 e. The summed E-state index contributed by atoms with van der Waals surface area (Å²) < 4.78 is 28.8. The quantitative estimate of drug-likeness (QED) is 0.686. The highest BCUT2D eigenvalue weighted by molar-refractivity contribution is 7.89. The van der Waals surface area contributed by atoms with Crippen molar-refractivity contribution >= 4 is 10.0 Å². The van der Waals surface area contributed by atoms with Gasteiger partial charge >= 0.3 is 0 Å². The first-order chi connectivity index (χ1) is 9.36. The molecule has 0 spiro atoms. The lowest BCUT2D eigenvalue weighted by Crippen LogP contribution is -2.24. The van der Waals surface area contributed by atoms with Crippen LogP contribution in [0, 0.1) is 0 Å². The fraction of sp³-hybridized carbons (Fsp3) is 0.714. The van der Waals surface area contributed by atoms with Crippen LogP contribution in [0.4, 0.5) is 0 Å². The number of aromatic nitrogens is 1. The smallest absolute Gasteiger partial charge is 0.242 e. The van der Waals surface area contributed by atoms with Gasteiger partial charge in [0, 0.05) is 38.1 Å². The Morgan fingerprint density at radius 1 is 1.30 bits per heavy atom. The van der Waals surface area contributed by atoms with Crippen molar-refractivity contribution in [3.8, 4) is 0 Å². The molecule has 0 saturated carbocycles. The van der Waals surface area contributed by atoms with Gasteiger partial charge in [0.25, 0.3) is 0 Å². The van der Waals surface area contributed by atoms with E-state index in [0.29, 0.717) is 24.0 Å². The van der Waals surface area contributed by atoms with Crippen molar-refractivity contribution in [1.29, 1.82) is 0 Å². The number of nitrogens with one attached hydrogen (secondary N) is 2. The molecule has 0 fully saturated rings. The Morgan fingerprint density at radius 3 is 2.60 bits per heavy atom. The average molecular weight is 301 g/mol. The maximum atomic E-state index is 12.2. The SMILES string of the molecule is CCCCCNS(=O)(=O)c1cc(CNC(C)C)n(C)c1. The number of nitrogens with zero attached hydrogens (tertiary/aromatic N) is 1. The van der Waals surface area contributed by atoms with Crippen LogP contribution in [0.25, 0.3) is 0 Å². The third-order valence-corrected chi connectivity index (χ3v) is 4.58. The van der Waals surface area contributed by atoms with Crippen molar-refractivity contribution in [3.05, 3.63) is 18.0 Å². The van der Waals surface area contributed by atoms with E-state index in [-0.39, 0.29) is 0 Å². The van der Waals surface area contributed by atoms with Crippen LogP contribution >= 0.6 is 0 Å². The molecule has 0 aromatic carbocycles. The second kappa shape index (κ2) is 7.81. The third-order valence-electron chi connectivity index (χ3n) is 3.16. The molecule has 2 N–H and O–H groups in total. The lowest BCUT2D eigenvalue weighted by Gasteiger charge is -2.08. The molecule has 1 aromatic rings. The molecule has 116 valence electrons. The first-order valence-electron chi connectivity index (χ1n) is 7.25. The van der Waals surface area contributed by atoms with Gasteiger partial charge in [0.15, 0.2) is 0 Å². The molecule has 0 unspecified atom stereocenters. The molecule has 1 rings (SSSR count).